The Kier molecular flexibility index (Phi) is 8.50. The quantitative estimate of drug-likeness (QED) is 0.440. The molecule has 3 aromatic rings. The first-order valence-electron chi connectivity index (χ1n) is 12.2. The molecule has 8 heteroatoms. The Labute approximate surface area is 217 Å². The summed E-state index contributed by atoms with van der Waals surface area (Å²) in [6, 6.07) is 16.0. The van der Waals surface area contributed by atoms with E-state index < -0.39 is 0 Å². The van der Waals surface area contributed by atoms with Crippen LogP contribution in [0.2, 0.25) is 0 Å². The third kappa shape index (κ3) is 6.14. The maximum atomic E-state index is 13.2. The van der Waals surface area contributed by atoms with Gasteiger partial charge in [-0.15, -0.1) is 0 Å². The van der Waals surface area contributed by atoms with E-state index in [-0.39, 0.29) is 24.3 Å². The molecule has 3 aromatic carbocycles. The molecule has 1 amide bonds. The number of nitrogens with zero attached hydrogens (tertiary/aromatic N) is 1. The van der Waals surface area contributed by atoms with Gasteiger partial charge in [-0.1, -0.05) is 18.2 Å². The fourth-order valence-electron chi connectivity index (χ4n) is 4.78. The highest BCUT2D eigenvalue weighted by Gasteiger charge is 2.30. The highest BCUT2D eigenvalue weighted by atomic mass is 19.1. The molecule has 0 spiro atoms. The van der Waals surface area contributed by atoms with Gasteiger partial charge in [0, 0.05) is 19.1 Å². The van der Waals surface area contributed by atoms with Crippen molar-refractivity contribution in [3.05, 3.63) is 82.7 Å². The van der Waals surface area contributed by atoms with Crippen LogP contribution in [0.1, 0.15) is 28.3 Å². The number of carbonyl (C=O) groups excluding carboxylic acids is 1. The number of methoxy groups -OCH3 is 4. The van der Waals surface area contributed by atoms with Crippen LogP contribution in [-0.2, 0) is 24.2 Å². The third-order valence-corrected chi connectivity index (χ3v) is 6.74. The molecular weight excluding hydrogens is 475 g/mol. The second-order valence-electron chi connectivity index (χ2n) is 8.94. The summed E-state index contributed by atoms with van der Waals surface area (Å²) in [4.78, 5) is 15.1. The second-order valence-corrected chi connectivity index (χ2v) is 8.94. The number of fused-ring (bicyclic) bond motifs is 1. The van der Waals surface area contributed by atoms with E-state index in [2.05, 4.69) is 10.2 Å². The van der Waals surface area contributed by atoms with Crippen molar-refractivity contribution in [3.63, 3.8) is 0 Å². The first-order chi connectivity index (χ1) is 17.9. The van der Waals surface area contributed by atoms with Gasteiger partial charge >= 0.3 is 0 Å². The predicted molar refractivity (Wildman–Crippen MR) is 139 cm³/mol. The molecule has 1 aliphatic heterocycles. The SMILES string of the molecule is COc1ccc(CC2c3cc(OC)c(OC)cc3CCN2CC(=O)NCc2ccc(F)cc2)cc1OC. The standard InChI is InChI=1S/C29H33FN2O5/c1-34-25-10-7-20(14-26(25)35-2)13-24-23-16-28(37-4)27(36-3)15-21(23)11-12-32(24)18-29(33)31-17-19-5-8-22(30)9-6-19/h5-10,14-16,24H,11-13,17-18H2,1-4H3,(H,31,33). The summed E-state index contributed by atoms with van der Waals surface area (Å²) < 4.78 is 35.2. The van der Waals surface area contributed by atoms with Crippen molar-refractivity contribution in [2.24, 2.45) is 0 Å². The van der Waals surface area contributed by atoms with Crippen LogP contribution in [0.3, 0.4) is 0 Å². The minimum Gasteiger partial charge on any atom is -0.493 e. The van der Waals surface area contributed by atoms with Crippen LogP contribution in [0.5, 0.6) is 23.0 Å². The van der Waals surface area contributed by atoms with Crippen molar-refractivity contribution >= 4 is 5.91 Å². The number of benzene rings is 3. The molecule has 1 aliphatic rings. The van der Waals surface area contributed by atoms with Crippen LogP contribution in [-0.4, -0.2) is 52.3 Å². The van der Waals surface area contributed by atoms with E-state index in [9.17, 15) is 9.18 Å². The lowest BCUT2D eigenvalue weighted by Gasteiger charge is -2.37. The Morgan fingerprint density at radius 3 is 2.16 bits per heavy atom. The van der Waals surface area contributed by atoms with E-state index in [1.54, 1.807) is 40.6 Å². The topological polar surface area (TPSA) is 69.3 Å². The lowest BCUT2D eigenvalue weighted by Crippen LogP contribution is -2.43. The van der Waals surface area contributed by atoms with Crippen LogP contribution < -0.4 is 24.3 Å². The summed E-state index contributed by atoms with van der Waals surface area (Å²) in [6.07, 6.45) is 1.44. The third-order valence-electron chi connectivity index (χ3n) is 6.74. The van der Waals surface area contributed by atoms with Crippen molar-refractivity contribution in [1.29, 1.82) is 0 Å². The van der Waals surface area contributed by atoms with Crippen LogP contribution in [0.15, 0.2) is 54.6 Å². The number of carbonyl (C=O) groups is 1. The maximum Gasteiger partial charge on any atom is 0.234 e. The van der Waals surface area contributed by atoms with Gasteiger partial charge in [0.1, 0.15) is 5.82 Å². The average molecular weight is 509 g/mol. The number of halogens is 1. The molecule has 0 aromatic heterocycles. The molecule has 0 saturated carbocycles. The zero-order chi connectivity index (χ0) is 26.4. The molecule has 0 fully saturated rings. The van der Waals surface area contributed by atoms with Crippen LogP contribution in [0.4, 0.5) is 4.39 Å². The van der Waals surface area contributed by atoms with Gasteiger partial charge in [0.2, 0.25) is 5.91 Å². The molecule has 7 nitrogen and oxygen atoms in total. The first-order valence-corrected chi connectivity index (χ1v) is 12.2. The minimum atomic E-state index is -0.299. The van der Waals surface area contributed by atoms with E-state index in [1.807, 2.05) is 30.3 Å². The molecular formula is C29H33FN2O5. The van der Waals surface area contributed by atoms with Crippen molar-refractivity contribution < 1.29 is 28.1 Å². The highest BCUT2D eigenvalue weighted by molar-refractivity contribution is 5.78. The van der Waals surface area contributed by atoms with Gasteiger partial charge in [0.05, 0.1) is 35.0 Å². The lowest BCUT2D eigenvalue weighted by molar-refractivity contribution is -0.123. The fourth-order valence-corrected chi connectivity index (χ4v) is 4.78. The number of nitrogens with one attached hydrogen (secondary N) is 1. The van der Waals surface area contributed by atoms with E-state index >= 15 is 0 Å². The van der Waals surface area contributed by atoms with Crippen LogP contribution in [0, 0.1) is 5.82 Å². The van der Waals surface area contributed by atoms with Gasteiger partial charge in [-0.25, -0.2) is 4.39 Å². The largest absolute Gasteiger partial charge is 0.493 e. The Hall–Kier alpha value is -3.78. The van der Waals surface area contributed by atoms with Crippen LogP contribution >= 0.6 is 0 Å². The Morgan fingerprint density at radius 1 is 0.865 bits per heavy atom. The minimum absolute atomic E-state index is 0.0711. The van der Waals surface area contributed by atoms with Gasteiger partial charge in [0.15, 0.2) is 23.0 Å². The van der Waals surface area contributed by atoms with E-state index in [4.69, 9.17) is 18.9 Å². The Bertz CT molecular complexity index is 1230. The average Bonchev–Trinajstić information content (AvgIpc) is 2.93. The molecule has 1 N–H and O–H groups in total. The molecule has 0 saturated heterocycles. The van der Waals surface area contributed by atoms with Crippen molar-refractivity contribution in [3.8, 4) is 23.0 Å². The zero-order valence-corrected chi connectivity index (χ0v) is 21.7. The predicted octanol–water partition coefficient (Wildman–Crippen LogP) is 4.32. The summed E-state index contributed by atoms with van der Waals surface area (Å²) in [6.45, 7) is 1.28. The highest BCUT2D eigenvalue weighted by Crippen LogP contribution is 2.40. The normalized spacial score (nSPS) is 15.0. The lowest BCUT2D eigenvalue weighted by atomic mass is 9.88. The summed E-state index contributed by atoms with van der Waals surface area (Å²) >= 11 is 0. The first kappa shape index (κ1) is 26.3. The van der Waals surface area contributed by atoms with Crippen molar-refractivity contribution in [2.75, 3.05) is 41.5 Å². The molecule has 1 heterocycles. The molecule has 0 radical (unpaired) electrons. The Balaban J connectivity index is 1.59. The van der Waals surface area contributed by atoms with Gasteiger partial charge in [-0.2, -0.15) is 0 Å². The fraction of sp³-hybridized carbons (Fsp3) is 0.345. The van der Waals surface area contributed by atoms with E-state index in [1.165, 1.54) is 17.7 Å². The molecule has 4 rings (SSSR count). The second kappa shape index (κ2) is 12.0. The molecule has 196 valence electrons. The van der Waals surface area contributed by atoms with Gasteiger partial charge in [0.25, 0.3) is 0 Å². The Morgan fingerprint density at radius 2 is 1.49 bits per heavy atom. The molecule has 1 unspecified atom stereocenters. The number of amides is 1. The number of hydrogen-bond acceptors (Lipinski definition) is 6. The molecule has 0 bridgehead atoms. The summed E-state index contributed by atoms with van der Waals surface area (Å²) in [5.41, 5.74) is 4.18. The molecule has 0 aliphatic carbocycles. The maximum absolute atomic E-state index is 13.2. The monoisotopic (exact) mass is 508 g/mol. The van der Waals surface area contributed by atoms with E-state index in [0.29, 0.717) is 42.5 Å². The molecule has 1 atom stereocenters. The number of ether oxygens (including phenoxy) is 4. The van der Waals surface area contributed by atoms with E-state index in [0.717, 1.165) is 23.1 Å². The van der Waals surface area contributed by atoms with Gasteiger partial charge in [-0.05, 0) is 71.5 Å². The molecule has 37 heavy (non-hydrogen) atoms. The zero-order valence-electron chi connectivity index (χ0n) is 21.7. The van der Waals surface area contributed by atoms with Gasteiger partial charge in [-0.3, -0.25) is 9.69 Å². The van der Waals surface area contributed by atoms with Crippen molar-refractivity contribution in [2.45, 2.75) is 25.4 Å². The number of rotatable bonds is 10. The smallest absolute Gasteiger partial charge is 0.234 e. The van der Waals surface area contributed by atoms with Gasteiger partial charge < -0.3 is 24.3 Å². The summed E-state index contributed by atoms with van der Waals surface area (Å²) in [7, 11) is 6.48. The number of hydrogen-bond donors (Lipinski definition) is 1. The van der Waals surface area contributed by atoms with Crippen molar-refractivity contribution in [1.82, 2.24) is 10.2 Å². The summed E-state index contributed by atoms with van der Waals surface area (Å²) in [5, 5.41) is 2.96. The van der Waals surface area contributed by atoms with Crippen LogP contribution in [0.25, 0.3) is 0 Å². The summed E-state index contributed by atoms with van der Waals surface area (Å²) in [5.74, 6) is 2.28.